The number of ether oxygens (including phenoxy) is 2. The van der Waals surface area contributed by atoms with Gasteiger partial charge in [-0.25, -0.2) is 0 Å². The molecule has 0 aliphatic heterocycles. The van der Waals surface area contributed by atoms with Crippen LogP contribution in [0.3, 0.4) is 0 Å². The van der Waals surface area contributed by atoms with Crippen molar-refractivity contribution in [2.45, 2.75) is 33.3 Å². The van der Waals surface area contributed by atoms with Crippen molar-refractivity contribution in [2.24, 2.45) is 0 Å². The predicted molar refractivity (Wildman–Crippen MR) is 44.6 cm³/mol. The van der Waals surface area contributed by atoms with Crippen molar-refractivity contribution in [2.75, 3.05) is 6.61 Å². The Morgan fingerprint density at radius 3 is 1.67 bits per heavy atom. The minimum Gasteiger partial charge on any atom is -0.468 e. The normalized spacial score (nSPS) is 9.00. The average Bonchev–Trinajstić information content (AvgIpc) is 1.87. The molecule has 0 radical (unpaired) electrons. The third-order valence-electron chi connectivity index (χ3n) is 0.636. The molecule has 0 saturated carbocycles. The van der Waals surface area contributed by atoms with E-state index in [1.807, 2.05) is 20.8 Å². The fourth-order valence-electron chi connectivity index (χ4n) is 0.212. The van der Waals surface area contributed by atoms with Crippen LogP contribution in [-0.2, 0) is 19.1 Å². The van der Waals surface area contributed by atoms with Crippen LogP contribution in [0, 0.1) is 0 Å². The van der Waals surface area contributed by atoms with E-state index in [0.29, 0.717) is 19.6 Å². The summed E-state index contributed by atoms with van der Waals surface area (Å²) in [5, 5.41) is 0. The zero-order valence-corrected chi connectivity index (χ0v) is 7.99. The van der Waals surface area contributed by atoms with E-state index < -0.39 is 0 Å². The average molecular weight is 176 g/mol. The Morgan fingerprint density at radius 2 is 1.67 bits per heavy atom. The zero-order valence-electron chi connectivity index (χ0n) is 7.99. The van der Waals surface area contributed by atoms with E-state index in [0.717, 1.165) is 0 Å². The van der Waals surface area contributed by atoms with Crippen molar-refractivity contribution in [1.29, 1.82) is 0 Å². The van der Waals surface area contributed by atoms with Gasteiger partial charge in [-0.3, -0.25) is 9.59 Å². The highest BCUT2D eigenvalue weighted by atomic mass is 16.5. The van der Waals surface area contributed by atoms with Gasteiger partial charge in [-0.1, -0.05) is 0 Å². The van der Waals surface area contributed by atoms with Crippen molar-refractivity contribution >= 4 is 12.9 Å². The first-order chi connectivity index (χ1) is 5.47. The lowest BCUT2D eigenvalue weighted by atomic mass is 10.2. The molecule has 0 aliphatic rings. The molecule has 0 aliphatic carbocycles. The molecule has 0 rings (SSSR count). The summed E-state index contributed by atoms with van der Waals surface area (Å²) in [6, 6.07) is 0. The highest BCUT2D eigenvalue weighted by molar-refractivity contribution is 5.37. The molecule has 0 saturated heterocycles. The van der Waals surface area contributed by atoms with Crippen LogP contribution < -0.4 is 0 Å². The standard InChI is InChI=1S/C5H10O2.C3H6O2/c1-5(2,3)7-4-6;1-2-5-3-4/h4H,1-3H3;3H,2H2,1H3. The molecular weight excluding hydrogens is 160 g/mol. The van der Waals surface area contributed by atoms with Crippen LogP contribution in [-0.4, -0.2) is 25.2 Å². The first-order valence-electron chi connectivity index (χ1n) is 3.64. The van der Waals surface area contributed by atoms with Crippen LogP contribution in [0.15, 0.2) is 0 Å². The van der Waals surface area contributed by atoms with Gasteiger partial charge in [-0.15, -0.1) is 0 Å². The second-order valence-corrected chi connectivity index (χ2v) is 2.88. The van der Waals surface area contributed by atoms with E-state index in [1.54, 1.807) is 6.92 Å². The summed E-state index contributed by atoms with van der Waals surface area (Å²) in [5.74, 6) is 0. The van der Waals surface area contributed by atoms with Gasteiger partial charge >= 0.3 is 0 Å². The largest absolute Gasteiger partial charge is 0.468 e. The van der Waals surface area contributed by atoms with Gasteiger partial charge in [0.15, 0.2) is 0 Å². The van der Waals surface area contributed by atoms with Gasteiger partial charge in [-0.2, -0.15) is 0 Å². The zero-order chi connectivity index (χ0) is 10.0. The fourth-order valence-corrected chi connectivity index (χ4v) is 0.212. The highest BCUT2D eigenvalue weighted by Crippen LogP contribution is 2.02. The third kappa shape index (κ3) is 23.1. The smallest absolute Gasteiger partial charge is 0.293 e. The van der Waals surface area contributed by atoms with E-state index in [1.165, 1.54) is 0 Å². The summed E-state index contributed by atoms with van der Waals surface area (Å²) in [5.41, 5.74) is -0.318. The van der Waals surface area contributed by atoms with Gasteiger partial charge in [0, 0.05) is 0 Å². The lowest BCUT2D eigenvalue weighted by Crippen LogP contribution is -2.17. The maximum Gasteiger partial charge on any atom is 0.293 e. The van der Waals surface area contributed by atoms with Crippen LogP contribution in [0.2, 0.25) is 0 Å². The summed E-state index contributed by atoms with van der Waals surface area (Å²) in [4.78, 5) is 18.8. The van der Waals surface area contributed by atoms with E-state index in [9.17, 15) is 9.59 Å². The van der Waals surface area contributed by atoms with E-state index in [2.05, 4.69) is 9.47 Å². The summed E-state index contributed by atoms with van der Waals surface area (Å²) in [6.07, 6.45) is 0. The molecule has 0 aromatic heterocycles. The molecule has 0 N–H and O–H groups in total. The Kier molecular flexibility index (Phi) is 9.06. The van der Waals surface area contributed by atoms with Crippen LogP contribution >= 0.6 is 0 Å². The van der Waals surface area contributed by atoms with Gasteiger partial charge in [0.2, 0.25) is 0 Å². The van der Waals surface area contributed by atoms with Crippen LogP contribution in [0.4, 0.5) is 0 Å². The van der Waals surface area contributed by atoms with Crippen molar-refractivity contribution in [1.82, 2.24) is 0 Å². The van der Waals surface area contributed by atoms with Gasteiger partial charge in [0.25, 0.3) is 12.9 Å². The second kappa shape index (κ2) is 8.04. The molecule has 0 unspecified atom stereocenters. The molecule has 0 heterocycles. The maximum atomic E-state index is 9.60. The van der Waals surface area contributed by atoms with Crippen LogP contribution in [0.5, 0.6) is 0 Å². The Bertz CT molecular complexity index is 115. The van der Waals surface area contributed by atoms with E-state index >= 15 is 0 Å². The quantitative estimate of drug-likeness (QED) is 0.605. The fraction of sp³-hybridized carbons (Fsp3) is 0.750. The van der Waals surface area contributed by atoms with Gasteiger partial charge < -0.3 is 9.47 Å². The number of carbonyl (C=O) groups is 2. The van der Waals surface area contributed by atoms with Crippen molar-refractivity contribution in [3.05, 3.63) is 0 Å². The molecule has 72 valence electrons. The Balaban J connectivity index is 0. The number of rotatable bonds is 3. The van der Waals surface area contributed by atoms with Crippen molar-refractivity contribution < 1.29 is 19.1 Å². The molecule has 0 amide bonds. The lowest BCUT2D eigenvalue weighted by Gasteiger charge is -2.14. The molecule has 4 nitrogen and oxygen atoms in total. The molecule has 12 heavy (non-hydrogen) atoms. The Labute approximate surface area is 72.8 Å². The summed E-state index contributed by atoms with van der Waals surface area (Å²) >= 11 is 0. The second-order valence-electron chi connectivity index (χ2n) is 2.88. The predicted octanol–water partition coefficient (Wildman–Crippen LogP) is 1.14. The molecule has 0 spiro atoms. The molecule has 0 fully saturated rings. The minimum atomic E-state index is -0.318. The first-order valence-corrected chi connectivity index (χ1v) is 3.64. The number of hydrogen-bond donors (Lipinski definition) is 0. The summed E-state index contributed by atoms with van der Waals surface area (Å²) in [7, 11) is 0. The molecule has 0 bridgehead atoms. The van der Waals surface area contributed by atoms with Gasteiger partial charge in [0.1, 0.15) is 5.60 Å². The Morgan fingerprint density at radius 1 is 1.17 bits per heavy atom. The van der Waals surface area contributed by atoms with E-state index in [-0.39, 0.29) is 5.60 Å². The van der Waals surface area contributed by atoms with E-state index in [4.69, 9.17) is 0 Å². The topological polar surface area (TPSA) is 52.6 Å². The van der Waals surface area contributed by atoms with Gasteiger partial charge in [-0.05, 0) is 27.7 Å². The SMILES string of the molecule is CC(C)(C)OC=O.CCOC=O. The van der Waals surface area contributed by atoms with Crippen LogP contribution in [0.25, 0.3) is 0 Å². The summed E-state index contributed by atoms with van der Waals surface area (Å²) < 4.78 is 8.70. The van der Waals surface area contributed by atoms with Crippen molar-refractivity contribution in [3.63, 3.8) is 0 Å². The Hall–Kier alpha value is -1.06. The number of carbonyl (C=O) groups excluding carboxylic acids is 2. The molecule has 0 aromatic rings. The molecular formula is C8H16O4. The lowest BCUT2D eigenvalue weighted by molar-refractivity contribution is -0.138. The molecule has 0 aromatic carbocycles. The highest BCUT2D eigenvalue weighted by Gasteiger charge is 2.07. The first kappa shape index (κ1) is 13.5. The monoisotopic (exact) mass is 176 g/mol. The third-order valence-corrected chi connectivity index (χ3v) is 0.636. The summed E-state index contributed by atoms with van der Waals surface area (Å²) in [6.45, 7) is 8.59. The molecule has 4 heteroatoms. The van der Waals surface area contributed by atoms with Crippen LogP contribution in [0.1, 0.15) is 27.7 Å². The number of hydrogen-bond acceptors (Lipinski definition) is 4. The maximum absolute atomic E-state index is 9.60. The minimum absolute atomic E-state index is 0.318. The van der Waals surface area contributed by atoms with Gasteiger partial charge in [0.05, 0.1) is 6.61 Å². The van der Waals surface area contributed by atoms with Crippen molar-refractivity contribution in [3.8, 4) is 0 Å². The molecule has 0 atom stereocenters.